The summed E-state index contributed by atoms with van der Waals surface area (Å²) in [6.07, 6.45) is 3.99. The van der Waals surface area contributed by atoms with Crippen LogP contribution in [0.25, 0.3) is 0 Å². The van der Waals surface area contributed by atoms with E-state index in [1.165, 1.54) is 0 Å². The van der Waals surface area contributed by atoms with Gasteiger partial charge in [-0.2, -0.15) is 0 Å². The fourth-order valence-electron chi connectivity index (χ4n) is 1.15. The van der Waals surface area contributed by atoms with Gasteiger partial charge in [0.05, 0.1) is 6.61 Å². The molecule has 1 rings (SSSR count). The number of hydrogen-bond donors (Lipinski definition) is 3. The molecular formula is C10H18N2OS. The van der Waals surface area contributed by atoms with Crippen LogP contribution in [-0.4, -0.2) is 29.4 Å². The van der Waals surface area contributed by atoms with Gasteiger partial charge in [-0.05, 0) is 32.0 Å². The van der Waals surface area contributed by atoms with Crippen LogP contribution in [0.15, 0.2) is 12.7 Å². The van der Waals surface area contributed by atoms with Gasteiger partial charge in [0.25, 0.3) is 0 Å². The van der Waals surface area contributed by atoms with Gasteiger partial charge < -0.3 is 15.7 Å². The fourth-order valence-corrected chi connectivity index (χ4v) is 1.41. The Labute approximate surface area is 90.6 Å². The third kappa shape index (κ3) is 3.27. The van der Waals surface area contributed by atoms with Gasteiger partial charge in [-0.3, -0.25) is 0 Å². The maximum atomic E-state index is 9.08. The van der Waals surface area contributed by atoms with Crippen LogP contribution in [0, 0.1) is 5.41 Å². The standard InChI is InChI=1S/C10H18N2OS/c1-3-8(2)12-9(14)11-6-10(7-13)4-5-10/h3,8,13H,1,4-7H2,2H3,(H2,11,12,14). The van der Waals surface area contributed by atoms with Crippen LogP contribution in [0.2, 0.25) is 0 Å². The molecule has 4 heteroatoms. The summed E-state index contributed by atoms with van der Waals surface area (Å²) in [4.78, 5) is 0. The molecule has 0 radical (unpaired) electrons. The molecule has 0 spiro atoms. The number of hydrogen-bond acceptors (Lipinski definition) is 2. The lowest BCUT2D eigenvalue weighted by atomic mass is 10.1. The molecule has 14 heavy (non-hydrogen) atoms. The van der Waals surface area contributed by atoms with Crippen LogP contribution in [0.1, 0.15) is 19.8 Å². The minimum absolute atomic E-state index is 0.100. The lowest BCUT2D eigenvalue weighted by Crippen LogP contribution is -2.42. The zero-order valence-electron chi connectivity index (χ0n) is 8.55. The molecule has 1 atom stereocenters. The molecule has 80 valence electrons. The molecule has 1 unspecified atom stereocenters. The molecule has 0 amide bonds. The molecular weight excluding hydrogens is 196 g/mol. The van der Waals surface area contributed by atoms with E-state index in [1.807, 2.05) is 6.92 Å². The Kier molecular flexibility index (Phi) is 3.89. The lowest BCUT2D eigenvalue weighted by molar-refractivity contribution is 0.212. The van der Waals surface area contributed by atoms with E-state index in [1.54, 1.807) is 6.08 Å². The van der Waals surface area contributed by atoms with E-state index in [-0.39, 0.29) is 18.1 Å². The zero-order chi connectivity index (χ0) is 10.6. The third-order valence-electron chi connectivity index (χ3n) is 2.63. The van der Waals surface area contributed by atoms with Crippen molar-refractivity contribution in [3.05, 3.63) is 12.7 Å². The number of aliphatic hydroxyl groups excluding tert-OH is 1. The van der Waals surface area contributed by atoms with Gasteiger partial charge in [0.15, 0.2) is 5.11 Å². The summed E-state index contributed by atoms with van der Waals surface area (Å²) in [7, 11) is 0. The predicted octanol–water partition coefficient (Wildman–Crippen LogP) is 0.797. The molecule has 0 aromatic heterocycles. The molecule has 0 aromatic rings. The topological polar surface area (TPSA) is 44.3 Å². The van der Waals surface area contributed by atoms with E-state index in [9.17, 15) is 0 Å². The van der Waals surface area contributed by atoms with Crippen LogP contribution in [0.5, 0.6) is 0 Å². The van der Waals surface area contributed by atoms with E-state index in [2.05, 4.69) is 17.2 Å². The fraction of sp³-hybridized carbons (Fsp3) is 0.700. The summed E-state index contributed by atoms with van der Waals surface area (Å²) in [5, 5.41) is 15.9. The minimum Gasteiger partial charge on any atom is -0.396 e. The van der Waals surface area contributed by atoms with Crippen molar-refractivity contribution in [1.82, 2.24) is 10.6 Å². The van der Waals surface area contributed by atoms with E-state index in [0.29, 0.717) is 5.11 Å². The Balaban J connectivity index is 2.18. The SMILES string of the molecule is C=CC(C)NC(=S)NCC1(CO)CC1. The molecule has 3 N–H and O–H groups in total. The average Bonchev–Trinajstić information content (AvgIpc) is 2.95. The van der Waals surface area contributed by atoms with E-state index in [4.69, 9.17) is 17.3 Å². The third-order valence-corrected chi connectivity index (χ3v) is 2.89. The first-order chi connectivity index (χ1) is 6.62. The van der Waals surface area contributed by atoms with Crippen molar-refractivity contribution in [1.29, 1.82) is 0 Å². The molecule has 0 aliphatic heterocycles. The highest BCUT2D eigenvalue weighted by Gasteiger charge is 2.41. The molecule has 1 aliphatic carbocycles. The lowest BCUT2D eigenvalue weighted by Gasteiger charge is -2.17. The largest absolute Gasteiger partial charge is 0.396 e. The second-order valence-electron chi connectivity index (χ2n) is 4.01. The molecule has 1 aliphatic rings. The number of aliphatic hydroxyl groups is 1. The Morgan fingerprint density at radius 2 is 2.36 bits per heavy atom. The van der Waals surface area contributed by atoms with E-state index >= 15 is 0 Å². The number of thiocarbonyl (C=S) groups is 1. The second kappa shape index (κ2) is 4.75. The van der Waals surface area contributed by atoms with Crippen molar-refractivity contribution < 1.29 is 5.11 Å². The second-order valence-corrected chi connectivity index (χ2v) is 4.42. The summed E-state index contributed by atoms with van der Waals surface area (Å²) in [5.74, 6) is 0. The van der Waals surface area contributed by atoms with Gasteiger partial charge in [-0.25, -0.2) is 0 Å². The van der Waals surface area contributed by atoms with Crippen LogP contribution in [0.4, 0.5) is 0 Å². The quantitative estimate of drug-likeness (QED) is 0.468. The Hall–Kier alpha value is -0.610. The van der Waals surface area contributed by atoms with Gasteiger partial charge >= 0.3 is 0 Å². The first-order valence-corrected chi connectivity index (χ1v) is 5.30. The van der Waals surface area contributed by atoms with Crippen LogP contribution >= 0.6 is 12.2 Å². The molecule has 1 fully saturated rings. The number of rotatable bonds is 5. The molecule has 0 saturated heterocycles. The number of nitrogens with one attached hydrogen (secondary N) is 2. The van der Waals surface area contributed by atoms with Gasteiger partial charge in [0, 0.05) is 18.0 Å². The molecule has 0 heterocycles. The van der Waals surface area contributed by atoms with Gasteiger partial charge in [0.1, 0.15) is 0 Å². The maximum Gasteiger partial charge on any atom is 0.166 e. The summed E-state index contributed by atoms with van der Waals surface area (Å²) in [5.41, 5.74) is 0.100. The normalized spacial score (nSPS) is 19.6. The van der Waals surface area contributed by atoms with Crippen molar-refractivity contribution in [3.8, 4) is 0 Å². The highest BCUT2D eigenvalue weighted by molar-refractivity contribution is 7.80. The Morgan fingerprint density at radius 1 is 1.71 bits per heavy atom. The van der Waals surface area contributed by atoms with Crippen molar-refractivity contribution >= 4 is 17.3 Å². The molecule has 0 bridgehead atoms. The highest BCUT2D eigenvalue weighted by atomic mass is 32.1. The van der Waals surface area contributed by atoms with Gasteiger partial charge in [0.2, 0.25) is 0 Å². The van der Waals surface area contributed by atoms with Gasteiger partial charge in [-0.1, -0.05) is 6.08 Å². The Bertz CT molecular complexity index is 226. The summed E-state index contributed by atoms with van der Waals surface area (Å²) in [6, 6.07) is 0.180. The Morgan fingerprint density at radius 3 is 2.79 bits per heavy atom. The van der Waals surface area contributed by atoms with Gasteiger partial charge in [-0.15, -0.1) is 6.58 Å². The zero-order valence-corrected chi connectivity index (χ0v) is 9.36. The van der Waals surface area contributed by atoms with Crippen molar-refractivity contribution in [3.63, 3.8) is 0 Å². The van der Waals surface area contributed by atoms with E-state index in [0.717, 1.165) is 19.4 Å². The summed E-state index contributed by atoms with van der Waals surface area (Å²) in [6.45, 7) is 6.66. The summed E-state index contributed by atoms with van der Waals surface area (Å²) >= 11 is 5.09. The first-order valence-electron chi connectivity index (χ1n) is 4.90. The smallest absolute Gasteiger partial charge is 0.166 e. The minimum atomic E-state index is 0.100. The van der Waals surface area contributed by atoms with Crippen molar-refractivity contribution in [2.75, 3.05) is 13.2 Å². The monoisotopic (exact) mass is 214 g/mol. The highest BCUT2D eigenvalue weighted by Crippen LogP contribution is 2.44. The van der Waals surface area contributed by atoms with Crippen LogP contribution < -0.4 is 10.6 Å². The van der Waals surface area contributed by atoms with Crippen LogP contribution in [-0.2, 0) is 0 Å². The maximum absolute atomic E-state index is 9.08. The van der Waals surface area contributed by atoms with E-state index < -0.39 is 0 Å². The molecule has 3 nitrogen and oxygen atoms in total. The van der Waals surface area contributed by atoms with Crippen molar-refractivity contribution in [2.45, 2.75) is 25.8 Å². The first kappa shape index (κ1) is 11.5. The summed E-state index contributed by atoms with van der Waals surface area (Å²) < 4.78 is 0. The molecule has 0 aromatic carbocycles. The van der Waals surface area contributed by atoms with Crippen LogP contribution in [0.3, 0.4) is 0 Å². The van der Waals surface area contributed by atoms with Crippen molar-refractivity contribution in [2.24, 2.45) is 5.41 Å². The average molecular weight is 214 g/mol. The molecule has 1 saturated carbocycles. The predicted molar refractivity (Wildman–Crippen MR) is 62.1 cm³/mol.